The van der Waals surface area contributed by atoms with Crippen molar-refractivity contribution in [3.05, 3.63) is 27.8 Å². The summed E-state index contributed by atoms with van der Waals surface area (Å²) >= 11 is 2.23. The zero-order valence-corrected chi connectivity index (χ0v) is 11.6. The van der Waals surface area contributed by atoms with Gasteiger partial charge in [0.05, 0.1) is 0 Å². The minimum absolute atomic E-state index is 0.0106. The lowest BCUT2D eigenvalue weighted by molar-refractivity contribution is -0.132. The fourth-order valence-electron chi connectivity index (χ4n) is 1.78. The summed E-state index contributed by atoms with van der Waals surface area (Å²) in [7, 11) is 0. The molecule has 1 aromatic rings. The van der Waals surface area contributed by atoms with Gasteiger partial charge in [0.25, 0.3) is 5.91 Å². The summed E-state index contributed by atoms with van der Waals surface area (Å²) in [6.07, 6.45) is 0.884. The quantitative estimate of drug-likeness (QED) is 0.838. The molecule has 1 amide bonds. The van der Waals surface area contributed by atoms with Crippen LogP contribution in [0.25, 0.3) is 0 Å². The minimum Gasteiger partial charge on any atom is -0.484 e. The predicted octanol–water partition coefficient (Wildman–Crippen LogP) is 1.23. The molecule has 0 unspecified atom stereocenters. The summed E-state index contributed by atoms with van der Waals surface area (Å²) in [6, 6.07) is 7.76. The average Bonchev–Trinajstić information content (AvgIpc) is 2.75. The second kappa shape index (κ2) is 5.68. The first-order chi connectivity index (χ1) is 8.15. The molecule has 0 saturated carbocycles. The lowest BCUT2D eigenvalue weighted by atomic mass is 10.3. The van der Waals surface area contributed by atoms with E-state index in [4.69, 9.17) is 10.5 Å². The van der Waals surface area contributed by atoms with E-state index in [9.17, 15) is 4.79 Å². The Balaban J connectivity index is 1.82. The number of amides is 1. The van der Waals surface area contributed by atoms with Gasteiger partial charge < -0.3 is 15.4 Å². The normalized spacial score (nSPS) is 19.4. The third kappa shape index (κ3) is 3.57. The van der Waals surface area contributed by atoms with Gasteiger partial charge in [-0.3, -0.25) is 4.79 Å². The highest BCUT2D eigenvalue weighted by Gasteiger charge is 2.23. The SMILES string of the molecule is N[C@@H]1CCN(C(=O)COc2ccc(I)cc2)C1. The van der Waals surface area contributed by atoms with Crippen LogP contribution in [0.2, 0.25) is 0 Å². The van der Waals surface area contributed by atoms with Crippen molar-refractivity contribution in [3.8, 4) is 5.75 Å². The maximum Gasteiger partial charge on any atom is 0.260 e. The maximum atomic E-state index is 11.8. The van der Waals surface area contributed by atoms with Crippen molar-refractivity contribution < 1.29 is 9.53 Å². The van der Waals surface area contributed by atoms with E-state index in [1.54, 1.807) is 4.90 Å². The molecule has 1 saturated heterocycles. The van der Waals surface area contributed by atoms with Crippen LogP contribution in [0.3, 0.4) is 0 Å². The molecule has 1 heterocycles. The third-order valence-corrected chi connectivity index (χ3v) is 3.47. The van der Waals surface area contributed by atoms with E-state index in [1.807, 2.05) is 24.3 Å². The number of hydrogen-bond acceptors (Lipinski definition) is 3. The summed E-state index contributed by atoms with van der Waals surface area (Å²) in [4.78, 5) is 13.5. The molecule has 1 fully saturated rings. The molecule has 0 radical (unpaired) electrons. The van der Waals surface area contributed by atoms with E-state index in [1.165, 1.54) is 0 Å². The lowest BCUT2D eigenvalue weighted by Gasteiger charge is -2.16. The molecule has 2 rings (SSSR count). The Hall–Kier alpha value is -0.820. The fraction of sp³-hybridized carbons (Fsp3) is 0.417. The van der Waals surface area contributed by atoms with Crippen molar-refractivity contribution in [3.63, 3.8) is 0 Å². The van der Waals surface area contributed by atoms with Crippen molar-refractivity contribution in [1.29, 1.82) is 0 Å². The van der Waals surface area contributed by atoms with Crippen molar-refractivity contribution in [2.24, 2.45) is 5.73 Å². The van der Waals surface area contributed by atoms with Gasteiger partial charge in [-0.25, -0.2) is 0 Å². The van der Waals surface area contributed by atoms with Gasteiger partial charge in [-0.1, -0.05) is 0 Å². The number of rotatable bonds is 3. The molecule has 92 valence electrons. The summed E-state index contributed by atoms with van der Waals surface area (Å²) in [6.45, 7) is 1.48. The number of benzene rings is 1. The van der Waals surface area contributed by atoms with E-state index in [0.29, 0.717) is 6.54 Å². The Bertz CT molecular complexity index is 394. The monoisotopic (exact) mass is 346 g/mol. The van der Waals surface area contributed by atoms with Crippen LogP contribution in [0, 0.1) is 3.57 Å². The van der Waals surface area contributed by atoms with Gasteiger partial charge in [0.1, 0.15) is 5.75 Å². The topological polar surface area (TPSA) is 55.6 Å². The number of likely N-dealkylation sites (tertiary alicyclic amines) is 1. The first-order valence-electron chi connectivity index (χ1n) is 5.57. The largest absolute Gasteiger partial charge is 0.484 e. The highest BCUT2D eigenvalue weighted by atomic mass is 127. The standard InChI is InChI=1S/C12H15IN2O2/c13-9-1-3-11(4-2-9)17-8-12(16)15-6-5-10(14)7-15/h1-4,10H,5-8,14H2/t10-/m1/s1. The third-order valence-electron chi connectivity index (χ3n) is 2.75. The molecular formula is C12H15IN2O2. The van der Waals surface area contributed by atoms with Gasteiger partial charge in [0, 0.05) is 22.7 Å². The molecule has 0 aliphatic carbocycles. The zero-order chi connectivity index (χ0) is 12.3. The molecule has 1 atom stereocenters. The fourth-order valence-corrected chi connectivity index (χ4v) is 2.14. The van der Waals surface area contributed by atoms with Crippen LogP contribution in [0.4, 0.5) is 0 Å². The highest BCUT2D eigenvalue weighted by molar-refractivity contribution is 14.1. The smallest absolute Gasteiger partial charge is 0.260 e. The van der Waals surface area contributed by atoms with Crippen LogP contribution in [-0.2, 0) is 4.79 Å². The Morgan fingerprint density at radius 2 is 2.18 bits per heavy atom. The number of carbonyl (C=O) groups excluding carboxylic acids is 1. The Labute approximate surface area is 114 Å². The van der Waals surface area contributed by atoms with E-state index >= 15 is 0 Å². The molecule has 1 aliphatic heterocycles. The maximum absolute atomic E-state index is 11.8. The Morgan fingerprint density at radius 3 is 2.76 bits per heavy atom. The van der Waals surface area contributed by atoms with Crippen LogP contribution in [0.15, 0.2) is 24.3 Å². The van der Waals surface area contributed by atoms with E-state index in [-0.39, 0.29) is 18.6 Å². The van der Waals surface area contributed by atoms with Crippen molar-refractivity contribution in [2.45, 2.75) is 12.5 Å². The molecule has 1 aromatic carbocycles. The zero-order valence-electron chi connectivity index (χ0n) is 9.43. The van der Waals surface area contributed by atoms with Crippen LogP contribution >= 0.6 is 22.6 Å². The second-order valence-electron chi connectivity index (χ2n) is 4.13. The number of ether oxygens (including phenoxy) is 1. The Morgan fingerprint density at radius 1 is 1.47 bits per heavy atom. The van der Waals surface area contributed by atoms with E-state index in [0.717, 1.165) is 22.3 Å². The van der Waals surface area contributed by atoms with E-state index < -0.39 is 0 Å². The number of hydrogen-bond donors (Lipinski definition) is 1. The summed E-state index contributed by atoms with van der Waals surface area (Å²) in [5.41, 5.74) is 5.75. The summed E-state index contributed by atoms with van der Waals surface area (Å²) in [5.74, 6) is 0.735. The van der Waals surface area contributed by atoms with Crippen molar-refractivity contribution >= 4 is 28.5 Å². The van der Waals surface area contributed by atoms with Crippen LogP contribution < -0.4 is 10.5 Å². The van der Waals surface area contributed by atoms with E-state index in [2.05, 4.69) is 22.6 Å². The first-order valence-corrected chi connectivity index (χ1v) is 6.65. The van der Waals surface area contributed by atoms with Crippen molar-refractivity contribution in [2.75, 3.05) is 19.7 Å². The molecule has 0 aromatic heterocycles. The number of nitrogens with two attached hydrogens (primary N) is 1. The summed E-state index contributed by atoms with van der Waals surface area (Å²) < 4.78 is 6.58. The van der Waals surface area contributed by atoms with Gasteiger partial charge in [-0.2, -0.15) is 0 Å². The molecule has 0 spiro atoms. The van der Waals surface area contributed by atoms with Gasteiger partial charge in [0.2, 0.25) is 0 Å². The lowest BCUT2D eigenvalue weighted by Crippen LogP contribution is -2.35. The van der Waals surface area contributed by atoms with Crippen LogP contribution in [-0.4, -0.2) is 36.5 Å². The average molecular weight is 346 g/mol. The molecule has 2 N–H and O–H groups in total. The van der Waals surface area contributed by atoms with Crippen molar-refractivity contribution in [1.82, 2.24) is 4.90 Å². The van der Waals surface area contributed by atoms with Gasteiger partial charge >= 0.3 is 0 Å². The van der Waals surface area contributed by atoms with Gasteiger partial charge in [-0.05, 0) is 53.3 Å². The molecule has 0 bridgehead atoms. The van der Waals surface area contributed by atoms with Gasteiger partial charge in [0.15, 0.2) is 6.61 Å². The first kappa shape index (κ1) is 12.6. The van der Waals surface area contributed by atoms with Crippen LogP contribution in [0.1, 0.15) is 6.42 Å². The minimum atomic E-state index is 0.0106. The van der Waals surface area contributed by atoms with Crippen LogP contribution in [0.5, 0.6) is 5.75 Å². The summed E-state index contributed by atoms with van der Waals surface area (Å²) in [5, 5.41) is 0. The predicted molar refractivity (Wildman–Crippen MR) is 73.8 cm³/mol. The Kier molecular flexibility index (Phi) is 4.22. The molecule has 4 nitrogen and oxygen atoms in total. The molecular weight excluding hydrogens is 331 g/mol. The van der Waals surface area contributed by atoms with Gasteiger partial charge in [-0.15, -0.1) is 0 Å². The number of halogens is 1. The second-order valence-corrected chi connectivity index (χ2v) is 5.38. The number of carbonyl (C=O) groups is 1. The highest BCUT2D eigenvalue weighted by Crippen LogP contribution is 2.14. The molecule has 5 heteroatoms. The number of nitrogens with zero attached hydrogens (tertiary/aromatic N) is 1. The molecule has 17 heavy (non-hydrogen) atoms. The molecule has 1 aliphatic rings.